The molecular formula is C48H48O2. The molecule has 2 heterocycles. The van der Waals surface area contributed by atoms with Crippen molar-refractivity contribution in [2.75, 3.05) is 0 Å². The summed E-state index contributed by atoms with van der Waals surface area (Å²) >= 11 is 0. The van der Waals surface area contributed by atoms with Crippen LogP contribution in [0.5, 0.6) is 0 Å². The standard InChI is InChI=1S/C48H48O2/c1-47(2,3)31-23-35-41-37(25-31)45-44(34-22-30(18-20-40(34)49-45)28-15-11-8-12-16-28)36-24-32(48(4,5)6)26-38(42(36)41)46-43(35)33-21-29(17-19-39(33)50-46)27-13-9-7-10-14-27/h7-17,19,21-23,26,33,36-37,39,43,46H,18,20,24-25H2,1-6H3. The second kappa shape index (κ2) is 10.7. The summed E-state index contributed by atoms with van der Waals surface area (Å²) in [6.45, 7) is 14.4. The van der Waals surface area contributed by atoms with Gasteiger partial charge in [-0.1, -0.05) is 144 Å². The van der Waals surface area contributed by atoms with E-state index in [0.717, 1.165) is 25.7 Å². The number of hydrogen-bond donors (Lipinski definition) is 0. The molecule has 6 unspecified atom stereocenters. The van der Waals surface area contributed by atoms with Crippen molar-refractivity contribution in [2.45, 2.75) is 91.3 Å². The normalized spacial score (nSPS) is 29.2. The van der Waals surface area contributed by atoms with Crippen molar-refractivity contribution in [2.24, 2.45) is 22.7 Å². The Morgan fingerprint density at radius 2 is 1.32 bits per heavy atom. The zero-order chi connectivity index (χ0) is 34.1. The highest BCUT2D eigenvalue weighted by atomic mass is 16.5. The Labute approximate surface area is 297 Å². The Balaban J connectivity index is 1.22. The fraction of sp³-hybridized carbons (Fsp3) is 0.375. The van der Waals surface area contributed by atoms with Crippen LogP contribution in [0.4, 0.5) is 0 Å². The maximum atomic E-state index is 7.29. The molecule has 252 valence electrons. The van der Waals surface area contributed by atoms with Crippen LogP contribution in [0.1, 0.15) is 106 Å². The van der Waals surface area contributed by atoms with Gasteiger partial charge < -0.3 is 9.15 Å². The number of benzene rings is 2. The number of rotatable bonds is 2. The number of aryl methyl sites for hydroxylation is 1. The number of ether oxygens (including phenoxy) is 1. The number of fused-ring (bicyclic) bond motifs is 10. The van der Waals surface area contributed by atoms with Crippen LogP contribution in [0.3, 0.4) is 0 Å². The first-order valence-electron chi connectivity index (χ1n) is 19.0. The van der Waals surface area contributed by atoms with E-state index < -0.39 is 0 Å². The minimum atomic E-state index is 0.0332. The van der Waals surface area contributed by atoms with Crippen molar-refractivity contribution in [3.63, 3.8) is 0 Å². The van der Waals surface area contributed by atoms with Crippen molar-refractivity contribution in [1.82, 2.24) is 0 Å². The van der Waals surface area contributed by atoms with E-state index in [0.29, 0.717) is 0 Å². The fourth-order valence-electron chi connectivity index (χ4n) is 10.3. The van der Waals surface area contributed by atoms with Crippen molar-refractivity contribution in [3.8, 4) is 0 Å². The molecule has 0 N–H and O–H groups in total. The monoisotopic (exact) mass is 656 g/mol. The fourth-order valence-corrected chi connectivity index (χ4v) is 10.3. The summed E-state index contributed by atoms with van der Waals surface area (Å²) in [4.78, 5) is 0. The summed E-state index contributed by atoms with van der Waals surface area (Å²) in [7, 11) is 0. The summed E-state index contributed by atoms with van der Waals surface area (Å²) in [6, 6.07) is 21.9. The molecule has 6 atom stereocenters. The molecule has 1 fully saturated rings. The third kappa shape index (κ3) is 4.50. The summed E-state index contributed by atoms with van der Waals surface area (Å²) in [5.41, 5.74) is 17.5. The predicted molar refractivity (Wildman–Crippen MR) is 204 cm³/mol. The van der Waals surface area contributed by atoms with Gasteiger partial charge in [0, 0.05) is 41.2 Å². The van der Waals surface area contributed by atoms with Gasteiger partial charge in [0.1, 0.15) is 11.5 Å². The molecule has 7 aliphatic rings. The molecule has 2 heteroatoms. The van der Waals surface area contributed by atoms with E-state index in [2.05, 4.69) is 139 Å². The van der Waals surface area contributed by atoms with Crippen LogP contribution in [0.15, 0.2) is 129 Å². The van der Waals surface area contributed by atoms with Crippen LogP contribution in [-0.2, 0) is 11.2 Å². The molecule has 10 rings (SSSR count). The highest BCUT2D eigenvalue weighted by molar-refractivity contribution is 5.86. The topological polar surface area (TPSA) is 22.4 Å². The van der Waals surface area contributed by atoms with Gasteiger partial charge in [-0.2, -0.15) is 0 Å². The average molecular weight is 657 g/mol. The molecule has 1 saturated heterocycles. The second-order valence-electron chi connectivity index (χ2n) is 17.8. The van der Waals surface area contributed by atoms with Crippen LogP contribution in [0.25, 0.3) is 17.2 Å². The minimum absolute atomic E-state index is 0.0332. The van der Waals surface area contributed by atoms with Gasteiger partial charge in [0.25, 0.3) is 0 Å². The summed E-state index contributed by atoms with van der Waals surface area (Å²) in [5.74, 6) is 3.51. The first-order valence-corrected chi connectivity index (χ1v) is 19.0. The molecule has 3 aromatic rings. The largest absolute Gasteiger partial charge is 0.464 e. The molecule has 2 nitrogen and oxygen atoms in total. The average Bonchev–Trinajstić information content (AvgIpc) is 3.70. The maximum absolute atomic E-state index is 7.29. The SMILES string of the molecule is CC(C)(C)C1=CC2=C3C4=C(C=C(C(C)(C)C)CC4c4c(oc5c4C=C(c4ccccc4)CC5)C3C1)C1OC3C=CC(c4ccccc4)=CC3C21. The lowest BCUT2D eigenvalue weighted by molar-refractivity contribution is 0.0809. The van der Waals surface area contributed by atoms with E-state index in [-0.39, 0.29) is 46.7 Å². The first-order chi connectivity index (χ1) is 24.0. The molecule has 0 radical (unpaired) electrons. The zero-order valence-corrected chi connectivity index (χ0v) is 30.3. The Bertz CT molecular complexity index is 2160. The van der Waals surface area contributed by atoms with Crippen LogP contribution in [0, 0.1) is 22.7 Å². The third-order valence-electron chi connectivity index (χ3n) is 12.9. The van der Waals surface area contributed by atoms with Gasteiger partial charge in [0.2, 0.25) is 0 Å². The van der Waals surface area contributed by atoms with Gasteiger partial charge in [0.15, 0.2) is 0 Å². The molecule has 0 spiro atoms. The summed E-state index contributed by atoms with van der Waals surface area (Å²) in [6.07, 6.45) is 19.1. The zero-order valence-electron chi connectivity index (χ0n) is 30.3. The Morgan fingerprint density at radius 3 is 2.02 bits per heavy atom. The van der Waals surface area contributed by atoms with Gasteiger partial charge in [-0.05, 0) is 80.7 Å². The van der Waals surface area contributed by atoms with Crippen molar-refractivity contribution in [1.29, 1.82) is 0 Å². The van der Waals surface area contributed by atoms with E-state index in [1.54, 1.807) is 11.1 Å². The number of allylic oxidation sites excluding steroid dienone is 8. The van der Waals surface area contributed by atoms with Gasteiger partial charge in [-0.3, -0.25) is 0 Å². The molecule has 1 aliphatic heterocycles. The first kappa shape index (κ1) is 30.7. The van der Waals surface area contributed by atoms with Gasteiger partial charge >= 0.3 is 0 Å². The van der Waals surface area contributed by atoms with Crippen molar-refractivity contribution < 1.29 is 9.15 Å². The van der Waals surface area contributed by atoms with Gasteiger partial charge in [-0.25, -0.2) is 0 Å². The lowest BCUT2D eigenvalue weighted by atomic mass is 9.55. The molecule has 50 heavy (non-hydrogen) atoms. The third-order valence-corrected chi connectivity index (χ3v) is 12.9. The minimum Gasteiger partial charge on any atom is -0.464 e. The number of hydrogen-bond acceptors (Lipinski definition) is 2. The molecule has 0 amide bonds. The van der Waals surface area contributed by atoms with Crippen LogP contribution in [0.2, 0.25) is 0 Å². The van der Waals surface area contributed by atoms with Crippen LogP contribution < -0.4 is 0 Å². The molecule has 6 aliphatic carbocycles. The quantitative estimate of drug-likeness (QED) is 0.274. The van der Waals surface area contributed by atoms with Crippen LogP contribution in [-0.4, -0.2) is 12.2 Å². The predicted octanol–water partition coefficient (Wildman–Crippen LogP) is 12.0. The summed E-state index contributed by atoms with van der Waals surface area (Å²) < 4.78 is 14.5. The maximum Gasteiger partial charge on any atom is 0.116 e. The second-order valence-corrected chi connectivity index (χ2v) is 17.8. The van der Waals surface area contributed by atoms with Crippen LogP contribution >= 0.6 is 0 Å². The van der Waals surface area contributed by atoms with Gasteiger partial charge in [0.05, 0.1) is 12.2 Å². The highest BCUT2D eigenvalue weighted by Gasteiger charge is 2.56. The van der Waals surface area contributed by atoms with E-state index in [1.807, 2.05) is 0 Å². The Morgan fingerprint density at radius 1 is 0.680 bits per heavy atom. The molecule has 0 saturated carbocycles. The van der Waals surface area contributed by atoms with E-state index >= 15 is 0 Å². The molecule has 2 aromatic carbocycles. The van der Waals surface area contributed by atoms with Crippen molar-refractivity contribution >= 4 is 17.2 Å². The van der Waals surface area contributed by atoms with Gasteiger partial charge in [-0.15, -0.1) is 0 Å². The molecule has 1 aromatic heterocycles. The van der Waals surface area contributed by atoms with Crippen molar-refractivity contribution in [3.05, 3.63) is 158 Å². The highest BCUT2D eigenvalue weighted by Crippen LogP contribution is 2.65. The van der Waals surface area contributed by atoms with E-state index in [9.17, 15) is 0 Å². The number of furan rings is 1. The van der Waals surface area contributed by atoms with E-state index in [4.69, 9.17) is 9.15 Å². The molecular weight excluding hydrogens is 609 g/mol. The lowest BCUT2D eigenvalue weighted by Crippen LogP contribution is -2.38. The summed E-state index contributed by atoms with van der Waals surface area (Å²) in [5, 5.41) is 0. The van der Waals surface area contributed by atoms with E-state index in [1.165, 1.54) is 67.2 Å². The Kier molecular flexibility index (Phi) is 6.55. The smallest absolute Gasteiger partial charge is 0.116 e. The lowest BCUT2D eigenvalue weighted by Gasteiger charge is -2.48. The molecule has 0 bridgehead atoms. The Hall–Kier alpha value is -4.14.